The largest absolute Gasteiger partial charge is 0.388 e. The van der Waals surface area contributed by atoms with Crippen molar-refractivity contribution in [2.45, 2.75) is 18.9 Å². The molecule has 0 radical (unpaired) electrons. The number of carbonyl (C=O) groups excluding carboxylic acids is 1. The smallest absolute Gasteiger partial charge is 0.253 e. The standard InChI is InChI=1S/C22H27N5O2/c1-26(2)8-9-27(3)17-11-16(20-21(25-12-24-20)19(17)22(23)29)14-5-4-13-6-7-18(28)15(13)10-14/h4-5,10-12,18,28H,6-9H2,1-3H3,(H2,23,29)(H,24,25). The van der Waals surface area contributed by atoms with Crippen LogP contribution in [0.3, 0.4) is 0 Å². The van der Waals surface area contributed by atoms with Crippen molar-refractivity contribution < 1.29 is 9.90 Å². The molecule has 4 rings (SSSR count). The van der Waals surface area contributed by atoms with Crippen LogP contribution in [0.2, 0.25) is 0 Å². The molecule has 4 N–H and O–H groups in total. The van der Waals surface area contributed by atoms with E-state index in [9.17, 15) is 9.90 Å². The maximum Gasteiger partial charge on any atom is 0.253 e. The molecule has 3 aromatic rings. The molecule has 0 aliphatic heterocycles. The molecule has 152 valence electrons. The molecule has 1 unspecified atom stereocenters. The summed E-state index contributed by atoms with van der Waals surface area (Å²) in [6.45, 7) is 1.59. The molecule has 2 aromatic carbocycles. The summed E-state index contributed by atoms with van der Waals surface area (Å²) in [5.74, 6) is -0.484. The number of fused-ring (bicyclic) bond motifs is 2. The molecule has 1 aliphatic carbocycles. The van der Waals surface area contributed by atoms with Crippen molar-refractivity contribution in [1.29, 1.82) is 0 Å². The molecule has 1 atom stereocenters. The van der Waals surface area contributed by atoms with Crippen LogP contribution in [0.4, 0.5) is 5.69 Å². The summed E-state index contributed by atoms with van der Waals surface area (Å²) in [6, 6.07) is 8.18. The lowest BCUT2D eigenvalue weighted by Gasteiger charge is -2.24. The quantitative estimate of drug-likeness (QED) is 0.597. The molecule has 0 saturated carbocycles. The molecule has 0 spiro atoms. The van der Waals surface area contributed by atoms with E-state index < -0.39 is 12.0 Å². The highest BCUT2D eigenvalue weighted by atomic mass is 16.3. The molecule has 1 heterocycles. The van der Waals surface area contributed by atoms with E-state index in [1.807, 2.05) is 38.2 Å². The fraction of sp³-hybridized carbons (Fsp3) is 0.364. The lowest BCUT2D eigenvalue weighted by atomic mass is 9.96. The Kier molecular flexibility index (Phi) is 5.02. The van der Waals surface area contributed by atoms with Crippen molar-refractivity contribution in [2.24, 2.45) is 5.73 Å². The van der Waals surface area contributed by atoms with Crippen molar-refractivity contribution >= 4 is 22.6 Å². The first-order chi connectivity index (χ1) is 13.9. The molecule has 0 bridgehead atoms. The van der Waals surface area contributed by atoms with Gasteiger partial charge in [0.1, 0.15) is 0 Å². The summed E-state index contributed by atoms with van der Waals surface area (Å²) >= 11 is 0. The number of amides is 1. The van der Waals surface area contributed by atoms with Crippen LogP contribution in [-0.4, -0.2) is 60.1 Å². The van der Waals surface area contributed by atoms with Gasteiger partial charge in [0.05, 0.1) is 34.7 Å². The summed E-state index contributed by atoms with van der Waals surface area (Å²) in [4.78, 5) is 24.0. The first kappa shape index (κ1) is 19.4. The number of carbonyl (C=O) groups is 1. The topological polar surface area (TPSA) is 98.5 Å². The van der Waals surface area contributed by atoms with Gasteiger partial charge in [-0.15, -0.1) is 0 Å². The minimum atomic E-state index is -0.484. The fourth-order valence-electron chi connectivity index (χ4n) is 4.08. The number of nitrogens with zero attached hydrogens (tertiary/aromatic N) is 3. The van der Waals surface area contributed by atoms with Crippen LogP contribution >= 0.6 is 0 Å². The van der Waals surface area contributed by atoms with E-state index in [2.05, 4.69) is 27.0 Å². The zero-order valence-electron chi connectivity index (χ0n) is 17.1. The van der Waals surface area contributed by atoms with E-state index in [1.165, 1.54) is 5.56 Å². The van der Waals surface area contributed by atoms with Crippen LogP contribution in [0.15, 0.2) is 30.6 Å². The first-order valence-corrected chi connectivity index (χ1v) is 9.84. The highest BCUT2D eigenvalue weighted by molar-refractivity contribution is 6.12. The molecular formula is C22H27N5O2. The SMILES string of the molecule is CN(C)CCN(C)c1cc(-c2ccc3c(c2)C(O)CC3)c2nc[nH]c2c1C(N)=O. The van der Waals surface area contributed by atoms with Crippen molar-refractivity contribution in [3.63, 3.8) is 0 Å². The number of benzene rings is 2. The van der Waals surface area contributed by atoms with Gasteiger partial charge in [0.2, 0.25) is 0 Å². The van der Waals surface area contributed by atoms with E-state index >= 15 is 0 Å². The number of imidazole rings is 1. The monoisotopic (exact) mass is 393 g/mol. The fourth-order valence-corrected chi connectivity index (χ4v) is 4.08. The Hall–Kier alpha value is -2.90. The highest BCUT2D eigenvalue weighted by Crippen LogP contribution is 2.39. The van der Waals surface area contributed by atoms with Gasteiger partial charge >= 0.3 is 0 Å². The second kappa shape index (κ2) is 7.50. The van der Waals surface area contributed by atoms with Crippen LogP contribution in [-0.2, 0) is 6.42 Å². The van der Waals surface area contributed by atoms with Crippen LogP contribution in [0.1, 0.15) is 34.0 Å². The van der Waals surface area contributed by atoms with Crippen molar-refractivity contribution in [3.05, 3.63) is 47.3 Å². The average Bonchev–Trinajstić information content (AvgIpc) is 3.31. The van der Waals surface area contributed by atoms with Crippen molar-refractivity contribution in [1.82, 2.24) is 14.9 Å². The number of anilines is 1. The van der Waals surface area contributed by atoms with Gasteiger partial charge in [0, 0.05) is 25.7 Å². The predicted molar refractivity (Wildman–Crippen MR) is 115 cm³/mol. The summed E-state index contributed by atoms with van der Waals surface area (Å²) in [6.07, 6.45) is 2.82. The van der Waals surface area contributed by atoms with Gasteiger partial charge in [-0.1, -0.05) is 12.1 Å². The number of nitrogens with two attached hydrogens (primary N) is 1. The Morgan fingerprint density at radius 1 is 1.28 bits per heavy atom. The molecular weight excluding hydrogens is 366 g/mol. The van der Waals surface area contributed by atoms with Gasteiger partial charge in [0.25, 0.3) is 5.91 Å². The number of primary amides is 1. The summed E-state index contributed by atoms with van der Waals surface area (Å²) in [7, 11) is 5.99. The zero-order valence-corrected chi connectivity index (χ0v) is 17.1. The van der Waals surface area contributed by atoms with E-state index in [0.29, 0.717) is 16.6 Å². The minimum absolute atomic E-state index is 0.424. The van der Waals surface area contributed by atoms with Gasteiger partial charge in [-0.2, -0.15) is 0 Å². The van der Waals surface area contributed by atoms with E-state index in [1.54, 1.807) is 6.33 Å². The van der Waals surface area contributed by atoms with Gasteiger partial charge in [-0.05, 0) is 55.8 Å². The number of nitrogens with one attached hydrogen (secondary N) is 1. The summed E-state index contributed by atoms with van der Waals surface area (Å²) < 4.78 is 0. The normalized spacial score (nSPS) is 15.8. The molecule has 1 aliphatic rings. The number of aliphatic hydroxyl groups is 1. The lowest BCUT2D eigenvalue weighted by molar-refractivity contribution is 0.100. The van der Waals surface area contributed by atoms with E-state index in [-0.39, 0.29) is 0 Å². The minimum Gasteiger partial charge on any atom is -0.388 e. The molecule has 29 heavy (non-hydrogen) atoms. The summed E-state index contributed by atoms with van der Waals surface area (Å²) in [5, 5.41) is 10.3. The third-order valence-electron chi connectivity index (χ3n) is 5.72. The maximum atomic E-state index is 12.3. The molecule has 0 fully saturated rings. The van der Waals surface area contributed by atoms with Crippen molar-refractivity contribution in [2.75, 3.05) is 39.1 Å². The number of aliphatic hydroxyl groups excluding tert-OH is 1. The van der Waals surface area contributed by atoms with Crippen LogP contribution in [0.25, 0.3) is 22.2 Å². The second-order valence-corrected chi connectivity index (χ2v) is 8.00. The van der Waals surface area contributed by atoms with Crippen LogP contribution in [0.5, 0.6) is 0 Å². The number of hydrogen-bond donors (Lipinski definition) is 3. The first-order valence-electron chi connectivity index (χ1n) is 9.84. The average molecular weight is 393 g/mol. The Morgan fingerprint density at radius 2 is 2.07 bits per heavy atom. The van der Waals surface area contributed by atoms with Gasteiger partial charge < -0.3 is 25.6 Å². The Morgan fingerprint density at radius 3 is 2.79 bits per heavy atom. The van der Waals surface area contributed by atoms with Crippen LogP contribution in [0, 0.1) is 0 Å². The molecule has 7 heteroatoms. The maximum absolute atomic E-state index is 12.3. The Balaban J connectivity index is 1.89. The second-order valence-electron chi connectivity index (χ2n) is 8.00. The zero-order chi connectivity index (χ0) is 20.7. The summed E-state index contributed by atoms with van der Waals surface area (Å²) in [5.41, 5.74) is 12.4. The number of H-pyrrole nitrogens is 1. The Labute approximate surface area is 170 Å². The highest BCUT2D eigenvalue weighted by Gasteiger charge is 2.24. The molecule has 7 nitrogen and oxygen atoms in total. The van der Waals surface area contributed by atoms with Gasteiger partial charge in [-0.3, -0.25) is 4.79 Å². The molecule has 0 saturated heterocycles. The third kappa shape index (κ3) is 3.47. The molecule has 1 aromatic heterocycles. The number of hydrogen-bond acceptors (Lipinski definition) is 5. The third-order valence-corrected chi connectivity index (χ3v) is 5.72. The van der Waals surface area contributed by atoms with E-state index in [4.69, 9.17) is 5.73 Å². The Bertz CT molecular complexity index is 1070. The van der Waals surface area contributed by atoms with E-state index in [0.717, 1.165) is 48.3 Å². The number of aromatic nitrogens is 2. The molecule has 1 amide bonds. The van der Waals surface area contributed by atoms with Gasteiger partial charge in [-0.25, -0.2) is 4.98 Å². The predicted octanol–water partition coefficient (Wildman–Crippen LogP) is 2.31. The van der Waals surface area contributed by atoms with Crippen LogP contribution < -0.4 is 10.6 Å². The van der Waals surface area contributed by atoms with Crippen molar-refractivity contribution in [3.8, 4) is 11.1 Å². The number of aromatic amines is 1. The number of likely N-dealkylation sites (N-methyl/N-ethyl adjacent to an activating group) is 2. The number of aryl methyl sites for hydroxylation is 1. The van der Waals surface area contributed by atoms with Gasteiger partial charge in [0.15, 0.2) is 0 Å². The lowest BCUT2D eigenvalue weighted by Crippen LogP contribution is -2.30. The number of rotatable bonds is 6.